The molecule has 2 aromatic carbocycles. The molecule has 0 saturated heterocycles. The predicted octanol–water partition coefficient (Wildman–Crippen LogP) is 3.92. The molecule has 0 radical (unpaired) electrons. The molecule has 2 rings (SSSR count). The third-order valence-corrected chi connectivity index (χ3v) is 3.50. The second kappa shape index (κ2) is 7.39. The van der Waals surface area contributed by atoms with Crippen LogP contribution in [0.2, 0.25) is 5.02 Å². The van der Waals surface area contributed by atoms with Gasteiger partial charge in [0.15, 0.2) is 0 Å². The first-order valence-electron chi connectivity index (χ1n) is 6.41. The minimum absolute atomic E-state index is 0.185. The van der Waals surface area contributed by atoms with Gasteiger partial charge >= 0.3 is 0 Å². The molecule has 106 valence electrons. The van der Waals surface area contributed by atoms with Gasteiger partial charge in [0.05, 0.1) is 11.6 Å². The second-order valence-electron chi connectivity index (χ2n) is 4.52. The molecule has 20 heavy (non-hydrogen) atoms. The first kappa shape index (κ1) is 15.0. The van der Waals surface area contributed by atoms with Crippen LogP contribution in [0, 0.1) is 5.82 Å². The average Bonchev–Trinajstić information content (AvgIpc) is 2.45. The first-order chi connectivity index (χ1) is 9.72. The molecule has 2 nitrogen and oxygen atoms in total. The summed E-state index contributed by atoms with van der Waals surface area (Å²) in [4.78, 5) is 0. The fourth-order valence-corrected chi connectivity index (χ4v) is 2.24. The van der Waals surface area contributed by atoms with Crippen LogP contribution in [0.5, 0.6) is 0 Å². The Morgan fingerprint density at radius 1 is 1.00 bits per heavy atom. The van der Waals surface area contributed by atoms with Crippen molar-refractivity contribution in [1.29, 1.82) is 0 Å². The summed E-state index contributed by atoms with van der Waals surface area (Å²) in [6.45, 7) is 1.79. The average molecular weight is 294 g/mol. The fourth-order valence-electron chi connectivity index (χ4n) is 2.04. The molecule has 4 heteroatoms. The molecule has 0 fully saturated rings. The topological polar surface area (TPSA) is 21.3 Å². The lowest BCUT2D eigenvalue weighted by Crippen LogP contribution is -2.14. The molecule has 0 aromatic heterocycles. The van der Waals surface area contributed by atoms with Crippen molar-refractivity contribution in [1.82, 2.24) is 5.32 Å². The summed E-state index contributed by atoms with van der Waals surface area (Å²) in [7, 11) is 1.68. The Morgan fingerprint density at radius 3 is 2.40 bits per heavy atom. The zero-order valence-corrected chi connectivity index (χ0v) is 12.1. The zero-order chi connectivity index (χ0) is 14.4. The Hall–Kier alpha value is -1.42. The molecule has 2 aromatic rings. The van der Waals surface area contributed by atoms with Gasteiger partial charge in [0.1, 0.15) is 5.82 Å². The SMILES string of the molecule is COCc1ccccc1CNCc1cccc(F)c1Cl. The summed E-state index contributed by atoms with van der Waals surface area (Å²) in [6, 6.07) is 12.9. The molecular weight excluding hydrogens is 277 g/mol. The van der Waals surface area contributed by atoms with Gasteiger partial charge in [-0.25, -0.2) is 4.39 Å². The number of benzene rings is 2. The highest BCUT2D eigenvalue weighted by Crippen LogP contribution is 2.19. The molecule has 0 amide bonds. The van der Waals surface area contributed by atoms with Gasteiger partial charge in [0.2, 0.25) is 0 Å². The van der Waals surface area contributed by atoms with Gasteiger partial charge in [0.25, 0.3) is 0 Å². The molecule has 0 spiro atoms. The number of hydrogen-bond donors (Lipinski definition) is 1. The van der Waals surface area contributed by atoms with Crippen molar-refractivity contribution < 1.29 is 9.13 Å². The summed E-state index contributed by atoms with van der Waals surface area (Å²) in [5.41, 5.74) is 3.07. The van der Waals surface area contributed by atoms with Crippen molar-refractivity contribution in [3.05, 3.63) is 70.0 Å². The van der Waals surface area contributed by atoms with Crippen LogP contribution in [0.4, 0.5) is 4.39 Å². The number of rotatable bonds is 6. The Balaban J connectivity index is 1.98. The van der Waals surface area contributed by atoms with Crippen LogP contribution >= 0.6 is 11.6 Å². The van der Waals surface area contributed by atoms with Gasteiger partial charge in [-0.05, 0) is 22.8 Å². The molecule has 0 aliphatic carbocycles. The minimum atomic E-state index is -0.384. The summed E-state index contributed by atoms with van der Waals surface area (Å²) in [5.74, 6) is -0.384. The van der Waals surface area contributed by atoms with Crippen LogP contribution in [-0.2, 0) is 24.4 Å². The largest absolute Gasteiger partial charge is 0.380 e. The van der Waals surface area contributed by atoms with E-state index >= 15 is 0 Å². The van der Waals surface area contributed by atoms with E-state index in [1.54, 1.807) is 13.2 Å². The van der Waals surface area contributed by atoms with Crippen LogP contribution < -0.4 is 5.32 Å². The molecule has 0 unspecified atom stereocenters. The van der Waals surface area contributed by atoms with Crippen LogP contribution in [0.25, 0.3) is 0 Å². The van der Waals surface area contributed by atoms with Gasteiger partial charge in [-0.2, -0.15) is 0 Å². The lowest BCUT2D eigenvalue weighted by Gasteiger charge is -2.11. The first-order valence-corrected chi connectivity index (χ1v) is 6.79. The lowest BCUT2D eigenvalue weighted by molar-refractivity contribution is 0.184. The fraction of sp³-hybridized carbons (Fsp3) is 0.250. The Bertz CT molecular complexity index is 574. The predicted molar refractivity (Wildman–Crippen MR) is 79.1 cm³/mol. The lowest BCUT2D eigenvalue weighted by atomic mass is 10.1. The number of ether oxygens (including phenoxy) is 1. The van der Waals surface area contributed by atoms with Crippen molar-refractivity contribution in [2.75, 3.05) is 7.11 Å². The van der Waals surface area contributed by atoms with Crippen LogP contribution in [0.1, 0.15) is 16.7 Å². The van der Waals surface area contributed by atoms with Crippen molar-refractivity contribution >= 4 is 11.6 Å². The summed E-state index contributed by atoms with van der Waals surface area (Å²) >= 11 is 5.92. The third-order valence-electron chi connectivity index (χ3n) is 3.08. The highest BCUT2D eigenvalue weighted by Gasteiger charge is 2.06. The molecular formula is C16H17ClFNO. The molecule has 0 bridgehead atoms. The van der Waals surface area contributed by atoms with Gasteiger partial charge < -0.3 is 10.1 Å². The van der Waals surface area contributed by atoms with Crippen LogP contribution in [-0.4, -0.2) is 7.11 Å². The van der Waals surface area contributed by atoms with E-state index < -0.39 is 0 Å². The van der Waals surface area contributed by atoms with Crippen LogP contribution in [0.3, 0.4) is 0 Å². The number of methoxy groups -OCH3 is 1. The van der Waals surface area contributed by atoms with Gasteiger partial charge in [0, 0.05) is 20.2 Å². The highest BCUT2D eigenvalue weighted by atomic mass is 35.5. The maximum atomic E-state index is 13.3. The van der Waals surface area contributed by atoms with E-state index in [2.05, 4.69) is 11.4 Å². The quantitative estimate of drug-likeness (QED) is 0.872. The van der Waals surface area contributed by atoms with E-state index in [1.807, 2.05) is 24.3 Å². The Labute approximate surface area is 123 Å². The molecule has 0 saturated carbocycles. The van der Waals surface area contributed by atoms with E-state index in [1.165, 1.54) is 11.6 Å². The summed E-state index contributed by atoms with van der Waals surface area (Å²) < 4.78 is 18.5. The van der Waals surface area contributed by atoms with E-state index in [0.717, 1.165) is 11.1 Å². The van der Waals surface area contributed by atoms with Gasteiger partial charge in [-0.1, -0.05) is 48.0 Å². The highest BCUT2D eigenvalue weighted by molar-refractivity contribution is 6.31. The van der Waals surface area contributed by atoms with Crippen molar-refractivity contribution in [3.8, 4) is 0 Å². The second-order valence-corrected chi connectivity index (χ2v) is 4.90. The molecule has 1 N–H and O–H groups in total. The number of hydrogen-bond acceptors (Lipinski definition) is 2. The molecule has 0 heterocycles. The summed E-state index contributed by atoms with van der Waals surface area (Å²) in [6.07, 6.45) is 0. The number of nitrogens with one attached hydrogen (secondary N) is 1. The monoisotopic (exact) mass is 293 g/mol. The zero-order valence-electron chi connectivity index (χ0n) is 11.3. The standard InChI is InChI=1S/C16H17ClFNO/c1-20-11-14-6-3-2-5-12(14)9-19-10-13-7-4-8-15(18)16(13)17/h2-8,19H,9-11H2,1H3. The van der Waals surface area contributed by atoms with Crippen molar-refractivity contribution in [2.24, 2.45) is 0 Å². The van der Waals surface area contributed by atoms with E-state index in [4.69, 9.17) is 16.3 Å². The third kappa shape index (κ3) is 3.79. The van der Waals surface area contributed by atoms with Crippen molar-refractivity contribution in [3.63, 3.8) is 0 Å². The maximum absolute atomic E-state index is 13.3. The summed E-state index contributed by atoms with van der Waals surface area (Å²) in [5, 5.41) is 3.46. The normalized spacial score (nSPS) is 10.8. The van der Waals surface area contributed by atoms with Gasteiger partial charge in [-0.15, -0.1) is 0 Å². The van der Waals surface area contributed by atoms with Crippen LogP contribution in [0.15, 0.2) is 42.5 Å². The molecule has 0 aliphatic heterocycles. The van der Waals surface area contributed by atoms with E-state index in [9.17, 15) is 4.39 Å². The van der Waals surface area contributed by atoms with Gasteiger partial charge in [-0.3, -0.25) is 0 Å². The van der Waals surface area contributed by atoms with Crippen molar-refractivity contribution in [2.45, 2.75) is 19.7 Å². The number of halogens is 2. The smallest absolute Gasteiger partial charge is 0.142 e. The van der Waals surface area contributed by atoms with E-state index in [-0.39, 0.29) is 10.8 Å². The Morgan fingerprint density at radius 2 is 1.65 bits per heavy atom. The minimum Gasteiger partial charge on any atom is -0.380 e. The molecule has 0 aliphatic rings. The maximum Gasteiger partial charge on any atom is 0.142 e. The van der Waals surface area contributed by atoms with E-state index in [0.29, 0.717) is 19.7 Å². The Kier molecular flexibility index (Phi) is 5.53. The molecule has 0 atom stereocenters.